The van der Waals surface area contributed by atoms with Gasteiger partial charge >= 0.3 is 0 Å². The maximum atomic E-state index is 13.0. The molecule has 2 bridgehead atoms. The molecule has 0 aliphatic carbocycles. The molecule has 3 aliphatic heterocycles. The van der Waals surface area contributed by atoms with Crippen molar-refractivity contribution < 1.29 is 9.90 Å². The Labute approximate surface area is 197 Å². The molecule has 174 valence electrons. The van der Waals surface area contributed by atoms with E-state index in [1.165, 1.54) is 24.8 Å². The molecule has 33 heavy (non-hydrogen) atoms. The van der Waals surface area contributed by atoms with Crippen molar-refractivity contribution >= 4 is 5.91 Å². The van der Waals surface area contributed by atoms with Gasteiger partial charge in [0, 0.05) is 50.4 Å². The van der Waals surface area contributed by atoms with Crippen LogP contribution in [0.3, 0.4) is 0 Å². The minimum absolute atomic E-state index is 0.0691. The zero-order chi connectivity index (χ0) is 22.8. The number of aromatic hydroxyl groups is 1. The van der Waals surface area contributed by atoms with Crippen molar-refractivity contribution in [2.45, 2.75) is 50.2 Å². The highest BCUT2D eigenvalue weighted by molar-refractivity contribution is 5.94. The highest BCUT2D eigenvalue weighted by Gasteiger charge is 2.44. The van der Waals surface area contributed by atoms with E-state index < -0.39 is 0 Å². The molecular weight excluding hydrogens is 410 g/mol. The van der Waals surface area contributed by atoms with Gasteiger partial charge < -0.3 is 10.0 Å². The van der Waals surface area contributed by atoms with Crippen LogP contribution in [0.15, 0.2) is 61.2 Å². The standard InChI is InChI=1S/C28H35N3O2/c1-2-15-29-19-24-13-14-25(20-29)31(24)27(23-7-6-8-26(32)18-23)21-9-11-22(12-10-21)28(33)30-16-4-3-5-17-30/h2,6-12,18,24-25,27,32H,1,3-5,13-17,19-20H2. The third kappa shape index (κ3) is 4.57. The number of hydrogen-bond acceptors (Lipinski definition) is 4. The van der Waals surface area contributed by atoms with Gasteiger partial charge in [-0.15, -0.1) is 6.58 Å². The Kier molecular flexibility index (Phi) is 6.52. The minimum atomic E-state index is 0.0691. The largest absolute Gasteiger partial charge is 0.508 e. The molecule has 3 fully saturated rings. The topological polar surface area (TPSA) is 47.0 Å². The lowest BCUT2D eigenvalue weighted by molar-refractivity contribution is 0.0499. The number of piperazine rings is 1. The molecule has 2 aromatic rings. The summed E-state index contributed by atoms with van der Waals surface area (Å²) in [6.07, 6.45) is 7.81. The lowest BCUT2D eigenvalue weighted by Crippen LogP contribution is -2.54. The molecule has 1 amide bonds. The summed E-state index contributed by atoms with van der Waals surface area (Å²) in [5.41, 5.74) is 3.07. The second kappa shape index (κ2) is 9.70. The molecule has 0 aromatic heterocycles. The number of piperidine rings is 1. The van der Waals surface area contributed by atoms with Crippen molar-refractivity contribution in [2.75, 3.05) is 32.7 Å². The molecule has 3 heterocycles. The number of phenolic OH excluding ortho intramolecular Hbond substituents is 1. The summed E-state index contributed by atoms with van der Waals surface area (Å²) < 4.78 is 0. The van der Waals surface area contributed by atoms with Gasteiger partial charge in [-0.2, -0.15) is 0 Å². The molecule has 3 saturated heterocycles. The lowest BCUT2D eigenvalue weighted by atomic mass is 9.93. The average Bonchev–Trinajstić information content (AvgIpc) is 3.09. The number of likely N-dealkylation sites (tertiary alicyclic amines) is 2. The van der Waals surface area contributed by atoms with Crippen LogP contribution in [0.1, 0.15) is 59.6 Å². The molecule has 3 atom stereocenters. The highest BCUT2D eigenvalue weighted by Crippen LogP contribution is 2.41. The Balaban J connectivity index is 1.44. The number of rotatable bonds is 6. The summed E-state index contributed by atoms with van der Waals surface area (Å²) >= 11 is 0. The Morgan fingerprint density at radius 3 is 2.33 bits per heavy atom. The van der Waals surface area contributed by atoms with Crippen molar-refractivity contribution in [3.05, 3.63) is 77.9 Å². The van der Waals surface area contributed by atoms with Crippen molar-refractivity contribution in [1.29, 1.82) is 0 Å². The van der Waals surface area contributed by atoms with Crippen molar-refractivity contribution in [3.63, 3.8) is 0 Å². The van der Waals surface area contributed by atoms with Crippen LogP contribution >= 0.6 is 0 Å². The van der Waals surface area contributed by atoms with Crippen molar-refractivity contribution in [2.24, 2.45) is 0 Å². The molecule has 5 nitrogen and oxygen atoms in total. The smallest absolute Gasteiger partial charge is 0.253 e. The maximum absolute atomic E-state index is 13.0. The summed E-state index contributed by atoms with van der Waals surface area (Å²) in [6.45, 7) is 8.68. The normalized spacial score (nSPS) is 24.5. The fraction of sp³-hybridized carbons (Fsp3) is 0.464. The van der Waals surface area contributed by atoms with Gasteiger partial charge in [-0.1, -0.05) is 30.3 Å². The van der Waals surface area contributed by atoms with Crippen LogP contribution in [0.5, 0.6) is 5.75 Å². The minimum Gasteiger partial charge on any atom is -0.508 e. The van der Waals surface area contributed by atoms with Crippen LogP contribution in [0.2, 0.25) is 0 Å². The van der Waals surface area contributed by atoms with E-state index in [-0.39, 0.29) is 11.9 Å². The number of phenols is 1. The lowest BCUT2D eigenvalue weighted by Gasteiger charge is -2.45. The monoisotopic (exact) mass is 445 g/mol. The van der Waals surface area contributed by atoms with Gasteiger partial charge in [0.15, 0.2) is 0 Å². The second-order valence-electron chi connectivity index (χ2n) is 9.81. The first-order valence-electron chi connectivity index (χ1n) is 12.4. The molecule has 3 unspecified atom stereocenters. The average molecular weight is 446 g/mol. The van der Waals surface area contributed by atoms with E-state index in [0.29, 0.717) is 17.8 Å². The first kappa shape index (κ1) is 22.2. The number of benzene rings is 2. The summed E-state index contributed by atoms with van der Waals surface area (Å²) in [6, 6.07) is 17.0. The SMILES string of the molecule is C=CCN1CC2CCC(C1)N2C(c1ccc(C(=O)N2CCCCC2)cc1)c1cccc(O)c1. The highest BCUT2D eigenvalue weighted by atomic mass is 16.3. The number of hydrogen-bond donors (Lipinski definition) is 1. The van der Waals surface area contributed by atoms with Gasteiger partial charge in [-0.05, 0) is 67.5 Å². The molecule has 0 spiro atoms. The zero-order valence-electron chi connectivity index (χ0n) is 19.4. The van der Waals surface area contributed by atoms with E-state index >= 15 is 0 Å². The Bertz CT molecular complexity index is 969. The Morgan fingerprint density at radius 2 is 1.70 bits per heavy atom. The molecule has 0 radical (unpaired) electrons. The summed E-state index contributed by atoms with van der Waals surface area (Å²) in [5, 5.41) is 10.2. The van der Waals surface area contributed by atoms with E-state index in [2.05, 4.69) is 34.6 Å². The van der Waals surface area contributed by atoms with Crippen LogP contribution in [0, 0.1) is 0 Å². The third-order valence-corrected chi connectivity index (χ3v) is 7.60. The summed E-state index contributed by atoms with van der Waals surface area (Å²) in [4.78, 5) is 20.1. The van der Waals surface area contributed by atoms with E-state index in [0.717, 1.165) is 56.7 Å². The van der Waals surface area contributed by atoms with E-state index in [1.54, 1.807) is 6.07 Å². The number of carbonyl (C=O) groups excluding carboxylic acids is 1. The van der Waals surface area contributed by atoms with Gasteiger partial charge in [-0.3, -0.25) is 14.6 Å². The molecule has 3 aliphatic rings. The van der Waals surface area contributed by atoms with Crippen LogP contribution in [-0.4, -0.2) is 70.5 Å². The molecular formula is C28H35N3O2. The van der Waals surface area contributed by atoms with Gasteiger partial charge in [-0.25, -0.2) is 0 Å². The van der Waals surface area contributed by atoms with Crippen LogP contribution in [-0.2, 0) is 0 Å². The predicted molar refractivity (Wildman–Crippen MR) is 131 cm³/mol. The van der Waals surface area contributed by atoms with Crippen LogP contribution in [0.4, 0.5) is 0 Å². The number of amides is 1. The quantitative estimate of drug-likeness (QED) is 0.668. The number of fused-ring (bicyclic) bond motifs is 2. The first-order valence-corrected chi connectivity index (χ1v) is 12.4. The van der Waals surface area contributed by atoms with Crippen LogP contribution < -0.4 is 0 Å². The number of carbonyl (C=O) groups is 1. The third-order valence-electron chi connectivity index (χ3n) is 7.60. The Morgan fingerprint density at radius 1 is 1.00 bits per heavy atom. The van der Waals surface area contributed by atoms with Crippen molar-refractivity contribution in [1.82, 2.24) is 14.7 Å². The number of nitrogens with zero attached hydrogens (tertiary/aromatic N) is 3. The maximum Gasteiger partial charge on any atom is 0.253 e. The molecule has 0 saturated carbocycles. The first-order chi connectivity index (χ1) is 16.1. The Hall–Kier alpha value is -2.63. The molecule has 1 N–H and O–H groups in total. The van der Waals surface area contributed by atoms with Crippen LogP contribution in [0.25, 0.3) is 0 Å². The van der Waals surface area contributed by atoms with Gasteiger partial charge in [0.1, 0.15) is 5.75 Å². The molecule has 5 rings (SSSR count). The van der Waals surface area contributed by atoms with Gasteiger partial charge in [0.2, 0.25) is 0 Å². The van der Waals surface area contributed by atoms with Gasteiger partial charge in [0.25, 0.3) is 5.91 Å². The van der Waals surface area contributed by atoms with Crippen molar-refractivity contribution in [3.8, 4) is 5.75 Å². The fourth-order valence-corrected chi connectivity index (χ4v) is 6.10. The summed E-state index contributed by atoms with van der Waals surface area (Å²) in [7, 11) is 0. The van der Waals surface area contributed by atoms with E-state index in [4.69, 9.17) is 0 Å². The fourth-order valence-electron chi connectivity index (χ4n) is 6.10. The predicted octanol–water partition coefficient (Wildman–Crippen LogP) is 4.44. The molecule has 5 heteroatoms. The summed E-state index contributed by atoms with van der Waals surface area (Å²) in [5.74, 6) is 0.445. The zero-order valence-corrected chi connectivity index (χ0v) is 19.4. The van der Waals surface area contributed by atoms with E-state index in [1.807, 2.05) is 35.2 Å². The van der Waals surface area contributed by atoms with E-state index in [9.17, 15) is 9.90 Å². The molecule has 2 aromatic carbocycles. The van der Waals surface area contributed by atoms with Gasteiger partial charge in [0.05, 0.1) is 6.04 Å². The second-order valence-corrected chi connectivity index (χ2v) is 9.81.